The van der Waals surface area contributed by atoms with Crippen LogP contribution in [0.2, 0.25) is 0 Å². The Morgan fingerprint density at radius 2 is 1.73 bits per heavy atom. The van der Waals surface area contributed by atoms with Gasteiger partial charge < -0.3 is 4.90 Å². The number of pyridine rings is 1. The lowest BCUT2D eigenvalue weighted by molar-refractivity contribution is 0.0742. The van der Waals surface area contributed by atoms with Crippen LogP contribution in [0.5, 0.6) is 0 Å². The monoisotopic (exact) mass is 423 g/mol. The largest absolute Gasteiger partial charge is 0.335 e. The van der Waals surface area contributed by atoms with Gasteiger partial charge in [0.25, 0.3) is 5.91 Å². The lowest BCUT2D eigenvalue weighted by Crippen LogP contribution is -2.30. The summed E-state index contributed by atoms with van der Waals surface area (Å²) in [6, 6.07) is 17.6. The molecular formula is C23H25N3O3S. The van der Waals surface area contributed by atoms with Crippen molar-refractivity contribution in [2.45, 2.75) is 31.3 Å². The Labute approximate surface area is 177 Å². The molecule has 1 N–H and O–H groups in total. The average Bonchev–Trinajstić information content (AvgIpc) is 2.78. The van der Waals surface area contributed by atoms with Crippen molar-refractivity contribution in [3.05, 3.63) is 95.3 Å². The summed E-state index contributed by atoms with van der Waals surface area (Å²) >= 11 is 0. The summed E-state index contributed by atoms with van der Waals surface area (Å²) in [5, 5.41) is 0. The summed E-state index contributed by atoms with van der Waals surface area (Å²) in [4.78, 5) is 18.7. The Morgan fingerprint density at radius 1 is 1.07 bits per heavy atom. The van der Waals surface area contributed by atoms with Gasteiger partial charge in [-0.05, 0) is 54.8 Å². The molecule has 0 aliphatic rings. The highest BCUT2D eigenvalue weighted by Gasteiger charge is 2.23. The van der Waals surface area contributed by atoms with E-state index in [1.165, 1.54) is 6.07 Å². The first kappa shape index (κ1) is 21.7. The second-order valence-electron chi connectivity index (χ2n) is 7.16. The number of rotatable bonds is 7. The van der Waals surface area contributed by atoms with Crippen molar-refractivity contribution < 1.29 is 13.2 Å². The zero-order chi connectivity index (χ0) is 21.7. The van der Waals surface area contributed by atoms with Gasteiger partial charge in [0.05, 0.1) is 10.9 Å². The number of carbonyl (C=O) groups is 1. The number of nitrogens with zero attached hydrogens (tertiary/aromatic N) is 2. The van der Waals surface area contributed by atoms with Gasteiger partial charge in [-0.2, -0.15) is 0 Å². The van der Waals surface area contributed by atoms with Crippen molar-refractivity contribution in [1.82, 2.24) is 14.6 Å². The summed E-state index contributed by atoms with van der Waals surface area (Å²) in [5.74, 6) is -0.251. The number of hydrogen-bond acceptors (Lipinski definition) is 4. The third kappa shape index (κ3) is 4.93. The average molecular weight is 424 g/mol. The van der Waals surface area contributed by atoms with Crippen molar-refractivity contribution in [2.24, 2.45) is 0 Å². The van der Waals surface area contributed by atoms with E-state index in [0.717, 1.165) is 11.1 Å². The first-order valence-electron chi connectivity index (χ1n) is 9.61. The Morgan fingerprint density at radius 3 is 2.40 bits per heavy atom. The predicted octanol–water partition coefficient (Wildman–Crippen LogP) is 3.70. The van der Waals surface area contributed by atoms with E-state index in [-0.39, 0.29) is 23.4 Å². The number of sulfonamides is 1. The van der Waals surface area contributed by atoms with Gasteiger partial charge in [0, 0.05) is 31.5 Å². The molecule has 156 valence electrons. The molecule has 3 aromatic rings. The van der Waals surface area contributed by atoms with E-state index < -0.39 is 10.0 Å². The molecule has 1 aromatic heterocycles. The van der Waals surface area contributed by atoms with Crippen LogP contribution in [0.25, 0.3) is 0 Å². The maximum Gasteiger partial charge on any atom is 0.254 e. The van der Waals surface area contributed by atoms with E-state index >= 15 is 0 Å². The van der Waals surface area contributed by atoms with Crippen molar-refractivity contribution in [2.75, 3.05) is 7.05 Å². The number of amides is 1. The van der Waals surface area contributed by atoms with Crippen LogP contribution in [-0.4, -0.2) is 31.3 Å². The van der Waals surface area contributed by atoms with Crippen LogP contribution >= 0.6 is 0 Å². The maximum absolute atomic E-state index is 13.0. The minimum atomic E-state index is -3.77. The molecule has 0 bridgehead atoms. The fourth-order valence-corrected chi connectivity index (χ4v) is 4.41. The molecule has 0 saturated heterocycles. The second-order valence-corrected chi connectivity index (χ2v) is 8.90. The van der Waals surface area contributed by atoms with Crippen LogP contribution in [-0.2, 0) is 16.6 Å². The first-order valence-corrected chi connectivity index (χ1v) is 11.1. The smallest absolute Gasteiger partial charge is 0.254 e. The highest BCUT2D eigenvalue weighted by Crippen LogP contribution is 2.23. The van der Waals surface area contributed by atoms with Crippen LogP contribution in [0.4, 0.5) is 0 Å². The molecule has 1 atom stereocenters. The topological polar surface area (TPSA) is 79.4 Å². The van der Waals surface area contributed by atoms with Gasteiger partial charge in [0.1, 0.15) is 0 Å². The third-order valence-electron chi connectivity index (χ3n) is 5.12. The van der Waals surface area contributed by atoms with Crippen molar-refractivity contribution in [3.8, 4) is 0 Å². The maximum atomic E-state index is 13.0. The number of benzene rings is 2. The lowest BCUT2D eigenvalue weighted by atomic mass is 10.1. The van der Waals surface area contributed by atoms with Crippen LogP contribution in [0.3, 0.4) is 0 Å². The molecule has 30 heavy (non-hydrogen) atoms. The van der Waals surface area contributed by atoms with Crippen LogP contribution in [0, 0.1) is 6.92 Å². The normalized spacial score (nSPS) is 12.4. The van der Waals surface area contributed by atoms with E-state index in [1.54, 1.807) is 43.4 Å². The number of aryl methyl sites for hydroxylation is 1. The van der Waals surface area contributed by atoms with Gasteiger partial charge in [-0.1, -0.05) is 36.4 Å². The van der Waals surface area contributed by atoms with Gasteiger partial charge in [-0.3, -0.25) is 9.78 Å². The summed E-state index contributed by atoms with van der Waals surface area (Å²) in [7, 11) is -2.07. The number of nitrogens with one attached hydrogen (secondary N) is 1. The fourth-order valence-electron chi connectivity index (χ4n) is 3.12. The molecule has 0 aliphatic heterocycles. The molecule has 0 saturated carbocycles. The van der Waals surface area contributed by atoms with Crippen molar-refractivity contribution >= 4 is 15.9 Å². The Balaban J connectivity index is 1.82. The highest BCUT2D eigenvalue weighted by atomic mass is 32.2. The van der Waals surface area contributed by atoms with E-state index in [2.05, 4.69) is 9.71 Å². The quantitative estimate of drug-likeness (QED) is 0.628. The zero-order valence-corrected chi connectivity index (χ0v) is 18.1. The Bertz CT molecular complexity index is 1120. The standard InChI is InChI=1S/C23H25N3O3S/c1-17-9-10-21(23(27)26(3)18(2)20-11-13-24-14-12-20)15-22(17)30(28,29)25-16-19-7-5-4-6-8-19/h4-15,18,25H,16H2,1-3H3. The molecular weight excluding hydrogens is 398 g/mol. The summed E-state index contributed by atoms with van der Waals surface area (Å²) in [5.41, 5.74) is 2.71. The molecule has 1 heterocycles. The number of aromatic nitrogens is 1. The molecule has 6 nitrogen and oxygen atoms in total. The number of carbonyl (C=O) groups excluding carboxylic acids is 1. The summed E-state index contributed by atoms with van der Waals surface area (Å²) in [6.45, 7) is 3.81. The molecule has 0 aliphatic carbocycles. The van der Waals surface area contributed by atoms with E-state index in [4.69, 9.17) is 0 Å². The Hall–Kier alpha value is -3.03. The predicted molar refractivity (Wildman–Crippen MR) is 116 cm³/mol. The number of hydrogen-bond donors (Lipinski definition) is 1. The van der Waals surface area contributed by atoms with Crippen LogP contribution < -0.4 is 4.72 Å². The van der Waals surface area contributed by atoms with E-state index in [0.29, 0.717) is 11.1 Å². The lowest BCUT2D eigenvalue weighted by Gasteiger charge is -2.25. The molecule has 1 unspecified atom stereocenters. The van der Waals surface area contributed by atoms with E-state index in [9.17, 15) is 13.2 Å². The highest BCUT2D eigenvalue weighted by molar-refractivity contribution is 7.89. The van der Waals surface area contributed by atoms with Gasteiger partial charge in [0.2, 0.25) is 10.0 Å². The Kier molecular flexibility index (Phi) is 6.64. The van der Waals surface area contributed by atoms with Gasteiger partial charge >= 0.3 is 0 Å². The van der Waals surface area contributed by atoms with Gasteiger partial charge in [-0.25, -0.2) is 13.1 Å². The minimum Gasteiger partial charge on any atom is -0.335 e. The molecule has 0 fully saturated rings. The van der Waals surface area contributed by atoms with E-state index in [1.807, 2.05) is 49.4 Å². The van der Waals surface area contributed by atoms with Crippen LogP contribution in [0.1, 0.15) is 40.0 Å². The molecule has 0 radical (unpaired) electrons. The SMILES string of the molecule is Cc1ccc(C(=O)N(C)C(C)c2ccncc2)cc1S(=O)(=O)NCc1ccccc1. The molecule has 0 spiro atoms. The molecule has 3 rings (SSSR count). The van der Waals surface area contributed by atoms with Gasteiger partial charge in [0.15, 0.2) is 0 Å². The van der Waals surface area contributed by atoms with Gasteiger partial charge in [-0.15, -0.1) is 0 Å². The third-order valence-corrected chi connectivity index (χ3v) is 6.67. The fraction of sp³-hybridized carbons (Fsp3) is 0.217. The molecule has 7 heteroatoms. The van der Waals surface area contributed by atoms with Crippen molar-refractivity contribution in [3.63, 3.8) is 0 Å². The summed E-state index contributed by atoms with van der Waals surface area (Å²) in [6.07, 6.45) is 3.36. The minimum absolute atomic E-state index is 0.106. The summed E-state index contributed by atoms with van der Waals surface area (Å²) < 4.78 is 28.4. The second kappa shape index (κ2) is 9.19. The molecule has 2 aromatic carbocycles. The zero-order valence-electron chi connectivity index (χ0n) is 17.2. The van der Waals surface area contributed by atoms with Crippen molar-refractivity contribution in [1.29, 1.82) is 0 Å². The van der Waals surface area contributed by atoms with Crippen LogP contribution in [0.15, 0.2) is 78.0 Å². The molecule has 1 amide bonds. The first-order chi connectivity index (χ1) is 14.3.